The molecule has 0 bridgehead atoms. The van der Waals surface area contributed by atoms with Gasteiger partial charge in [-0.1, -0.05) is 25.5 Å². The number of rotatable bonds is 2. The van der Waals surface area contributed by atoms with Crippen LogP contribution < -0.4 is 0 Å². The molecular formula is C11H20S. The highest BCUT2D eigenvalue weighted by Crippen LogP contribution is 2.34. The summed E-state index contributed by atoms with van der Waals surface area (Å²) in [5.74, 6) is 1.66. The molecule has 0 saturated carbocycles. The number of allylic oxidation sites excluding steroid dienone is 2. The Kier molecular flexibility index (Phi) is 3.70. The molecule has 0 saturated heterocycles. The van der Waals surface area contributed by atoms with Crippen LogP contribution in [-0.4, -0.2) is 11.5 Å². The predicted octanol–water partition coefficient (Wildman–Crippen LogP) is 3.73. The summed E-state index contributed by atoms with van der Waals surface area (Å²) < 4.78 is 0. The van der Waals surface area contributed by atoms with Crippen molar-refractivity contribution in [1.29, 1.82) is 0 Å². The van der Waals surface area contributed by atoms with Gasteiger partial charge in [0.1, 0.15) is 0 Å². The van der Waals surface area contributed by atoms with Crippen LogP contribution in [0.1, 0.15) is 33.6 Å². The largest absolute Gasteiger partial charge is 0.162 e. The molecule has 3 unspecified atom stereocenters. The molecule has 0 spiro atoms. The number of hydrogen-bond acceptors (Lipinski definition) is 1. The SMILES string of the molecule is CSC(C)C1CCC(C)C=C1C. The third-order valence-electron chi connectivity index (χ3n) is 3.00. The molecule has 0 radical (unpaired) electrons. The molecule has 0 heterocycles. The minimum atomic E-state index is 0.800. The fourth-order valence-corrected chi connectivity index (χ4v) is 2.77. The lowest BCUT2D eigenvalue weighted by atomic mass is 9.82. The highest BCUT2D eigenvalue weighted by atomic mass is 32.2. The van der Waals surface area contributed by atoms with Crippen LogP contribution in [0.2, 0.25) is 0 Å². The lowest BCUT2D eigenvalue weighted by Crippen LogP contribution is -2.19. The molecule has 0 N–H and O–H groups in total. The van der Waals surface area contributed by atoms with E-state index >= 15 is 0 Å². The molecule has 0 nitrogen and oxygen atoms in total. The van der Waals surface area contributed by atoms with Crippen molar-refractivity contribution in [3.05, 3.63) is 11.6 Å². The van der Waals surface area contributed by atoms with Crippen LogP contribution in [0.5, 0.6) is 0 Å². The molecular weight excluding hydrogens is 164 g/mol. The summed E-state index contributed by atoms with van der Waals surface area (Å²) in [7, 11) is 0. The normalized spacial score (nSPS) is 32.8. The maximum absolute atomic E-state index is 2.46. The smallest absolute Gasteiger partial charge is 0.00813 e. The monoisotopic (exact) mass is 184 g/mol. The number of thioether (sulfide) groups is 1. The van der Waals surface area contributed by atoms with Gasteiger partial charge in [0.25, 0.3) is 0 Å². The van der Waals surface area contributed by atoms with Crippen molar-refractivity contribution in [2.45, 2.75) is 38.9 Å². The minimum absolute atomic E-state index is 0.800. The molecule has 1 aliphatic carbocycles. The Morgan fingerprint density at radius 3 is 2.67 bits per heavy atom. The second-order valence-corrected chi connectivity index (χ2v) is 5.23. The average molecular weight is 184 g/mol. The first kappa shape index (κ1) is 10.2. The van der Waals surface area contributed by atoms with Gasteiger partial charge in [0.05, 0.1) is 0 Å². The average Bonchev–Trinajstić information content (AvgIpc) is 2.03. The quantitative estimate of drug-likeness (QED) is 0.589. The summed E-state index contributed by atoms with van der Waals surface area (Å²) in [5, 5.41) is 0.800. The van der Waals surface area contributed by atoms with E-state index in [1.165, 1.54) is 12.8 Å². The molecule has 0 amide bonds. The Labute approximate surface area is 80.8 Å². The van der Waals surface area contributed by atoms with E-state index in [1.54, 1.807) is 5.57 Å². The maximum atomic E-state index is 2.46. The van der Waals surface area contributed by atoms with Gasteiger partial charge in [0, 0.05) is 5.25 Å². The highest BCUT2D eigenvalue weighted by Gasteiger charge is 2.22. The lowest BCUT2D eigenvalue weighted by molar-refractivity contribution is 0.450. The molecule has 70 valence electrons. The molecule has 0 aromatic carbocycles. The van der Waals surface area contributed by atoms with Crippen LogP contribution in [0.3, 0.4) is 0 Å². The summed E-state index contributed by atoms with van der Waals surface area (Å²) in [6, 6.07) is 0. The van der Waals surface area contributed by atoms with E-state index in [0.29, 0.717) is 0 Å². The molecule has 0 aliphatic heterocycles. The Morgan fingerprint density at radius 1 is 1.50 bits per heavy atom. The van der Waals surface area contributed by atoms with Crippen LogP contribution >= 0.6 is 11.8 Å². The standard InChI is InChI=1S/C11H20S/c1-8-5-6-11(9(2)7-8)10(3)12-4/h7-8,10-11H,5-6H2,1-4H3. The third-order valence-corrected chi connectivity index (χ3v) is 4.08. The molecule has 1 rings (SSSR count). The van der Waals surface area contributed by atoms with Gasteiger partial charge >= 0.3 is 0 Å². The Morgan fingerprint density at radius 2 is 2.17 bits per heavy atom. The second-order valence-electron chi connectivity index (χ2n) is 4.01. The molecule has 12 heavy (non-hydrogen) atoms. The van der Waals surface area contributed by atoms with Crippen molar-refractivity contribution in [3.8, 4) is 0 Å². The highest BCUT2D eigenvalue weighted by molar-refractivity contribution is 7.99. The van der Waals surface area contributed by atoms with Crippen molar-refractivity contribution < 1.29 is 0 Å². The molecule has 0 fully saturated rings. The summed E-state index contributed by atoms with van der Waals surface area (Å²) >= 11 is 2.00. The van der Waals surface area contributed by atoms with Crippen molar-refractivity contribution >= 4 is 11.8 Å². The van der Waals surface area contributed by atoms with Crippen molar-refractivity contribution in [3.63, 3.8) is 0 Å². The Bertz CT molecular complexity index is 172. The molecule has 1 aliphatic rings. The van der Waals surface area contributed by atoms with Crippen LogP contribution in [0.4, 0.5) is 0 Å². The predicted molar refractivity (Wildman–Crippen MR) is 58.6 cm³/mol. The molecule has 0 aromatic heterocycles. The van der Waals surface area contributed by atoms with E-state index in [1.807, 2.05) is 11.8 Å². The lowest BCUT2D eigenvalue weighted by Gasteiger charge is -2.29. The Balaban J connectivity index is 2.62. The van der Waals surface area contributed by atoms with Gasteiger partial charge in [-0.2, -0.15) is 11.8 Å². The van der Waals surface area contributed by atoms with E-state index in [9.17, 15) is 0 Å². The van der Waals surface area contributed by atoms with Crippen LogP contribution in [0.25, 0.3) is 0 Å². The summed E-state index contributed by atoms with van der Waals surface area (Å²) in [6.07, 6.45) is 7.45. The summed E-state index contributed by atoms with van der Waals surface area (Å²) in [5.41, 5.74) is 1.62. The van der Waals surface area contributed by atoms with E-state index in [-0.39, 0.29) is 0 Å². The third kappa shape index (κ3) is 2.29. The van der Waals surface area contributed by atoms with E-state index in [4.69, 9.17) is 0 Å². The van der Waals surface area contributed by atoms with Gasteiger partial charge in [-0.25, -0.2) is 0 Å². The van der Waals surface area contributed by atoms with Gasteiger partial charge in [0.2, 0.25) is 0 Å². The van der Waals surface area contributed by atoms with Crippen LogP contribution in [0.15, 0.2) is 11.6 Å². The molecule has 1 heteroatoms. The van der Waals surface area contributed by atoms with Crippen molar-refractivity contribution in [2.75, 3.05) is 6.26 Å². The van der Waals surface area contributed by atoms with Crippen LogP contribution in [-0.2, 0) is 0 Å². The zero-order valence-electron chi connectivity index (χ0n) is 8.63. The van der Waals surface area contributed by atoms with E-state index in [0.717, 1.165) is 17.1 Å². The van der Waals surface area contributed by atoms with Gasteiger partial charge in [-0.05, 0) is 37.9 Å². The van der Waals surface area contributed by atoms with E-state index in [2.05, 4.69) is 33.1 Å². The number of hydrogen-bond donors (Lipinski definition) is 0. The fraction of sp³-hybridized carbons (Fsp3) is 0.818. The second kappa shape index (κ2) is 4.36. The zero-order valence-corrected chi connectivity index (χ0v) is 9.45. The first-order chi connectivity index (χ1) is 5.65. The van der Waals surface area contributed by atoms with E-state index < -0.39 is 0 Å². The first-order valence-corrected chi connectivity index (χ1v) is 6.15. The topological polar surface area (TPSA) is 0 Å². The Hall–Kier alpha value is 0.0900. The van der Waals surface area contributed by atoms with Gasteiger partial charge in [-0.15, -0.1) is 0 Å². The zero-order chi connectivity index (χ0) is 9.14. The van der Waals surface area contributed by atoms with Gasteiger partial charge in [0.15, 0.2) is 0 Å². The fourth-order valence-electron chi connectivity index (χ4n) is 2.10. The minimum Gasteiger partial charge on any atom is -0.162 e. The van der Waals surface area contributed by atoms with Crippen molar-refractivity contribution in [1.82, 2.24) is 0 Å². The molecule has 3 atom stereocenters. The van der Waals surface area contributed by atoms with Crippen molar-refractivity contribution in [2.24, 2.45) is 11.8 Å². The summed E-state index contributed by atoms with van der Waals surface area (Å²) in [6.45, 7) is 6.97. The van der Waals surface area contributed by atoms with Crippen LogP contribution in [0, 0.1) is 11.8 Å². The first-order valence-electron chi connectivity index (χ1n) is 4.86. The summed E-state index contributed by atoms with van der Waals surface area (Å²) in [4.78, 5) is 0. The maximum Gasteiger partial charge on any atom is 0.00813 e. The van der Waals surface area contributed by atoms with Gasteiger partial charge < -0.3 is 0 Å². The molecule has 0 aromatic rings. The van der Waals surface area contributed by atoms with Gasteiger partial charge in [-0.3, -0.25) is 0 Å².